The molecule has 0 atom stereocenters. The van der Waals surface area contributed by atoms with Gasteiger partial charge in [-0.2, -0.15) is 0 Å². The molecule has 2 heterocycles. The van der Waals surface area contributed by atoms with E-state index >= 15 is 0 Å². The Labute approximate surface area is 172 Å². The number of guanidine groups is 1. The van der Waals surface area contributed by atoms with E-state index in [4.69, 9.17) is 14.2 Å². The highest BCUT2D eigenvalue weighted by Crippen LogP contribution is 2.21. The number of nitrogens with one attached hydrogen (secondary N) is 2. The number of hydrogen-bond donors (Lipinski definition) is 2. The number of ether oxygens (including phenoxy) is 3. The maximum absolute atomic E-state index is 11.9. The fourth-order valence-corrected chi connectivity index (χ4v) is 3.16. The van der Waals surface area contributed by atoms with E-state index in [0.29, 0.717) is 51.8 Å². The summed E-state index contributed by atoms with van der Waals surface area (Å²) in [6, 6.07) is 0.163. The highest BCUT2D eigenvalue weighted by atomic mass is 16.7. The Morgan fingerprint density at radius 3 is 2.48 bits per heavy atom. The molecule has 2 aliphatic rings. The van der Waals surface area contributed by atoms with Crippen molar-refractivity contribution in [3.63, 3.8) is 0 Å². The molecule has 0 radical (unpaired) electrons. The topological polar surface area (TPSA) is 105 Å². The minimum Gasteiger partial charge on any atom is -0.450 e. The molecule has 2 N–H and O–H groups in total. The summed E-state index contributed by atoms with van der Waals surface area (Å²) in [4.78, 5) is 31.4. The van der Waals surface area contributed by atoms with Gasteiger partial charge in [-0.05, 0) is 26.7 Å². The number of aliphatic imine (C=N–C) groups is 1. The van der Waals surface area contributed by atoms with E-state index in [9.17, 15) is 9.59 Å². The van der Waals surface area contributed by atoms with Crippen LogP contribution < -0.4 is 10.6 Å². The zero-order valence-electron chi connectivity index (χ0n) is 18.0. The number of likely N-dealkylation sites (tertiary alicyclic amines) is 1. The summed E-state index contributed by atoms with van der Waals surface area (Å²) in [5.41, 5.74) is 0. The van der Waals surface area contributed by atoms with Gasteiger partial charge in [-0.15, -0.1) is 0 Å². The molecule has 2 fully saturated rings. The summed E-state index contributed by atoms with van der Waals surface area (Å²) in [7, 11) is 3.41. The van der Waals surface area contributed by atoms with Crippen molar-refractivity contribution in [3.8, 4) is 0 Å². The van der Waals surface area contributed by atoms with Gasteiger partial charge in [-0.1, -0.05) is 0 Å². The van der Waals surface area contributed by atoms with Gasteiger partial charge in [0.25, 0.3) is 0 Å². The molecule has 29 heavy (non-hydrogen) atoms. The molecule has 0 unspecified atom stereocenters. The summed E-state index contributed by atoms with van der Waals surface area (Å²) in [6.07, 6.45) is 1.96. The summed E-state index contributed by atoms with van der Waals surface area (Å²) in [6.45, 7) is 7.22. The average Bonchev–Trinajstić information content (AvgIpc) is 3.12. The second-order valence-electron chi connectivity index (χ2n) is 7.57. The van der Waals surface area contributed by atoms with Crippen LogP contribution in [0.5, 0.6) is 0 Å². The van der Waals surface area contributed by atoms with Crippen LogP contribution in [0.1, 0.15) is 33.1 Å². The van der Waals surface area contributed by atoms with Crippen molar-refractivity contribution in [3.05, 3.63) is 0 Å². The van der Waals surface area contributed by atoms with Gasteiger partial charge < -0.3 is 34.6 Å². The van der Waals surface area contributed by atoms with E-state index in [-0.39, 0.29) is 24.6 Å². The van der Waals surface area contributed by atoms with Gasteiger partial charge in [0, 0.05) is 46.2 Å². The predicted octanol–water partition coefficient (Wildman–Crippen LogP) is 0.384. The zero-order chi connectivity index (χ0) is 21.3. The molecule has 10 heteroatoms. The molecule has 2 rings (SSSR count). The molecule has 0 spiro atoms. The first-order valence-electron chi connectivity index (χ1n) is 10.3. The van der Waals surface area contributed by atoms with Gasteiger partial charge in [-0.3, -0.25) is 4.79 Å². The standard InChI is InChI=1S/C19H35N5O5/c1-5-27-18(26)24-10-6-15(7-11-24)22-17(21-14-16(25)23(3)4)20-9-8-19(2)28-12-13-29-19/h15H,5-14H2,1-4H3,(H2,20,21,22). The van der Waals surface area contributed by atoms with Crippen molar-refractivity contribution in [1.29, 1.82) is 0 Å². The Balaban J connectivity index is 1.86. The third kappa shape index (κ3) is 7.69. The lowest BCUT2D eigenvalue weighted by Gasteiger charge is -2.32. The van der Waals surface area contributed by atoms with Gasteiger partial charge in [-0.25, -0.2) is 9.79 Å². The molecule has 0 saturated carbocycles. The molecule has 0 aromatic carbocycles. The van der Waals surface area contributed by atoms with E-state index in [2.05, 4.69) is 15.6 Å². The molecule has 0 bridgehead atoms. The van der Waals surface area contributed by atoms with Crippen molar-refractivity contribution >= 4 is 18.0 Å². The van der Waals surface area contributed by atoms with Crippen LogP contribution in [0.4, 0.5) is 4.79 Å². The van der Waals surface area contributed by atoms with Crippen LogP contribution in [0.3, 0.4) is 0 Å². The lowest BCUT2D eigenvalue weighted by Crippen LogP contribution is -2.50. The highest BCUT2D eigenvalue weighted by molar-refractivity contribution is 5.85. The smallest absolute Gasteiger partial charge is 0.409 e. The number of hydrogen-bond acceptors (Lipinski definition) is 6. The van der Waals surface area contributed by atoms with Crippen LogP contribution in [-0.2, 0) is 19.0 Å². The first kappa shape index (κ1) is 23.2. The van der Waals surface area contributed by atoms with Crippen LogP contribution in [0.25, 0.3) is 0 Å². The maximum atomic E-state index is 11.9. The summed E-state index contributed by atoms with van der Waals surface area (Å²) in [5, 5.41) is 6.66. The number of likely N-dealkylation sites (N-methyl/N-ethyl adjacent to an activating group) is 1. The van der Waals surface area contributed by atoms with Crippen LogP contribution in [0, 0.1) is 0 Å². The van der Waals surface area contributed by atoms with Crippen molar-refractivity contribution in [2.24, 2.45) is 4.99 Å². The molecule has 2 aliphatic heterocycles. The molecule has 2 amide bonds. The molecule has 166 valence electrons. The van der Waals surface area contributed by atoms with Gasteiger partial charge in [0.1, 0.15) is 6.54 Å². The molecule has 0 aromatic rings. The first-order valence-corrected chi connectivity index (χ1v) is 10.3. The number of carbonyl (C=O) groups excluding carboxylic acids is 2. The lowest BCUT2D eigenvalue weighted by atomic mass is 10.1. The van der Waals surface area contributed by atoms with Crippen LogP contribution in [0.2, 0.25) is 0 Å². The first-order chi connectivity index (χ1) is 13.8. The minimum absolute atomic E-state index is 0.0638. The second kappa shape index (κ2) is 11.2. The fourth-order valence-electron chi connectivity index (χ4n) is 3.16. The van der Waals surface area contributed by atoms with Crippen LogP contribution in [-0.4, -0.2) is 99.7 Å². The number of piperidine rings is 1. The van der Waals surface area contributed by atoms with E-state index < -0.39 is 5.79 Å². The van der Waals surface area contributed by atoms with Crippen molar-refractivity contribution in [2.45, 2.75) is 44.9 Å². The van der Waals surface area contributed by atoms with Crippen LogP contribution in [0.15, 0.2) is 4.99 Å². The molecular formula is C19H35N5O5. The van der Waals surface area contributed by atoms with Gasteiger partial charge in [0.15, 0.2) is 11.7 Å². The maximum Gasteiger partial charge on any atom is 0.409 e. The number of carbonyl (C=O) groups is 2. The monoisotopic (exact) mass is 413 g/mol. The SMILES string of the molecule is CCOC(=O)N1CCC(NC(=NCC(=O)N(C)C)NCCC2(C)OCCO2)CC1. The minimum atomic E-state index is -0.581. The Morgan fingerprint density at radius 1 is 1.24 bits per heavy atom. The van der Waals surface area contributed by atoms with Gasteiger partial charge in [0.2, 0.25) is 5.91 Å². The zero-order valence-corrected chi connectivity index (χ0v) is 18.0. The Kier molecular flexibility index (Phi) is 8.97. The molecule has 0 aromatic heterocycles. The number of rotatable bonds is 7. The van der Waals surface area contributed by atoms with Crippen molar-refractivity contribution < 1.29 is 23.8 Å². The third-order valence-electron chi connectivity index (χ3n) is 5.00. The van der Waals surface area contributed by atoms with E-state index in [1.165, 1.54) is 4.90 Å². The quantitative estimate of drug-likeness (QED) is 0.459. The van der Waals surface area contributed by atoms with E-state index in [0.717, 1.165) is 12.8 Å². The summed E-state index contributed by atoms with van der Waals surface area (Å²) < 4.78 is 16.3. The average molecular weight is 414 g/mol. The molecule has 0 aliphatic carbocycles. The fraction of sp³-hybridized carbons (Fsp3) is 0.842. The van der Waals surface area contributed by atoms with Crippen molar-refractivity contribution in [1.82, 2.24) is 20.4 Å². The summed E-state index contributed by atoms with van der Waals surface area (Å²) >= 11 is 0. The highest BCUT2D eigenvalue weighted by Gasteiger charge is 2.30. The van der Waals surface area contributed by atoms with E-state index in [1.807, 2.05) is 6.92 Å². The number of amides is 2. The molecule has 10 nitrogen and oxygen atoms in total. The van der Waals surface area contributed by atoms with Gasteiger partial charge >= 0.3 is 6.09 Å². The third-order valence-corrected chi connectivity index (χ3v) is 5.00. The normalized spacial score (nSPS) is 19.7. The van der Waals surface area contributed by atoms with Crippen LogP contribution >= 0.6 is 0 Å². The Morgan fingerprint density at radius 2 is 1.90 bits per heavy atom. The van der Waals surface area contributed by atoms with Crippen molar-refractivity contribution in [2.75, 3.05) is 60.1 Å². The van der Waals surface area contributed by atoms with Gasteiger partial charge in [0.05, 0.1) is 19.8 Å². The lowest BCUT2D eigenvalue weighted by molar-refractivity contribution is -0.145. The van der Waals surface area contributed by atoms with E-state index in [1.54, 1.807) is 25.9 Å². The summed E-state index contributed by atoms with van der Waals surface area (Å²) in [5.74, 6) is -0.0724. The Bertz CT molecular complexity index is 569. The predicted molar refractivity (Wildman–Crippen MR) is 109 cm³/mol. The Hall–Kier alpha value is -2.07. The molecule has 2 saturated heterocycles. The largest absolute Gasteiger partial charge is 0.450 e. The second-order valence-corrected chi connectivity index (χ2v) is 7.57. The molecular weight excluding hydrogens is 378 g/mol. The number of nitrogens with zero attached hydrogens (tertiary/aromatic N) is 3.